The third-order valence-corrected chi connectivity index (χ3v) is 2.37. The van der Waals surface area contributed by atoms with Gasteiger partial charge in [0.05, 0.1) is 0 Å². The van der Waals surface area contributed by atoms with Crippen LogP contribution in [0.2, 0.25) is 5.02 Å². The van der Waals surface area contributed by atoms with Crippen LogP contribution in [0.5, 0.6) is 0 Å². The maximum absolute atomic E-state index is 11.0. The van der Waals surface area contributed by atoms with Crippen molar-refractivity contribution in [1.82, 2.24) is 9.97 Å². The van der Waals surface area contributed by atoms with Gasteiger partial charge in [-0.25, -0.2) is 9.59 Å². The zero-order chi connectivity index (χ0) is 11.0. The molecular formula is C8H8ClN3O3. The molecule has 0 unspecified atom stereocenters. The summed E-state index contributed by atoms with van der Waals surface area (Å²) in [5.41, 5.74) is -1.06. The second kappa shape index (κ2) is 3.54. The average Bonchev–Trinajstić information content (AvgIpc) is 2.94. The number of aromatic amines is 1. The number of aromatic nitrogens is 2. The molecule has 0 bridgehead atoms. The molecule has 15 heavy (non-hydrogen) atoms. The fourth-order valence-electron chi connectivity index (χ4n) is 1.12. The van der Waals surface area contributed by atoms with E-state index in [9.17, 15) is 9.59 Å². The summed E-state index contributed by atoms with van der Waals surface area (Å²) in [6.45, 7) is 0. The van der Waals surface area contributed by atoms with Crippen molar-refractivity contribution in [3.05, 3.63) is 21.2 Å². The smallest absolute Gasteiger partial charge is 0.354 e. The van der Waals surface area contributed by atoms with Gasteiger partial charge in [-0.2, -0.15) is 4.98 Å². The zero-order valence-electron chi connectivity index (χ0n) is 7.58. The Morgan fingerprint density at radius 3 is 2.80 bits per heavy atom. The molecule has 0 spiro atoms. The van der Waals surface area contributed by atoms with Crippen LogP contribution in [0.25, 0.3) is 0 Å². The van der Waals surface area contributed by atoms with Gasteiger partial charge in [0.1, 0.15) is 5.02 Å². The Labute approximate surface area is 89.3 Å². The summed E-state index contributed by atoms with van der Waals surface area (Å²) in [6, 6.07) is 0.249. The van der Waals surface area contributed by atoms with Crippen molar-refractivity contribution in [3.8, 4) is 0 Å². The van der Waals surface area contributed by atoms with E-state index in [0.717, 1.165) is 12.8 Å². The van der Waals surface area contributed by atoms with Gasteiger partial charge in [0, 0.05) is 6.04 Å². The summed E-state index contributed by atoms with van der Waals surface area (Å²) >= 11 is 5.77. The quantitative estimate of drug-likeness (QED) is 0.709. The highest BCUT2D eigenvalue weighted by atomic mass is 35.5. The van der Waals surface area contributed by atoms with Gasteiger partial charge < -0.3 is 10.4 Å². The van der Waals surface area contributed by atoms with E-state index in [1.165, 1.54) is 0 Å². The molecule has 1 aromatic heterocycles. The molecule has 3 N–H and O–H groups in total. The van der Waals surface area contributed by atoms with Crippen LogP contribution in [0.1, 0.15) is 23.3 Å². The lowest BCUT2D eigenvalue weighted by Crippen LogP contribution is -2.20. The molecule has 0 aliphatic heterocycles. The van der Waals surface area contributed by atoms with Crippen molar-refractivity contribution >= 4 is 23.4 Å². The van der Waals surface area contributed by atoms with Crippen LogP contribution < -0.4 is 11.0 Å². The number of carboxylic acid groups (broad SMARTS) is 1. The van der Waals surface area contributed by atoms with Gasteiger partial charge in [0.25, 0.3) is 0 Å². The fourth-order valence-corrected chi connectivity index (χ4v) is 1.35. The maximum Gasteiger partial charge on any atom is 0.354 e. The summed E-state index contributed by atoms with van der Waals surface area (Å²) in [6.07, 6.45) is 1.96. The Hall–Kier alpha value is -1.56. The number of H-pyrrole nitrogens is 1. The highest BCUT2D eigenvalue weighted by molar-refractivity contribution is 6.35. The molecule has 2 rings (SSSR count). The van der Waals surface area contributed by atoms with E-state index in [0.29, 0.717) is 0 Å². The highest BCUT2D eigenvalue weighted by Crippen LogP contribution is 2.28. The van der Waals surface area contributed by atoms with Crippen molar-refractivity contribution in [2.24, 2.45) is 0 Å². The largest absolute Gasteiger partial charge is 0.477 e. The number of nitrogens with zero attached hydrogens (tertiary/aromatic N) is 1. The Balaban J connectivity index is 2.43. The molecule has 1 aliphatic rings. The highest BCUT2D eigenvalue weighted by Gasteiger charge is 2.24. The van der Waals surface area contributed by atoms with Gasteiger partial charge in [0.15, 0.2) is 11.5 Å². The predicted octanol–water partition coefficient (Wildman–Crippen LogP) is 0.696. The van der Waals surface area contributed by atoms with Crippen LogP contribution in [0.15, 0.2) is 4.79 Å². The lowest BCUT2D eigenvalue weighted by molar-refractivity contribution is 0.0690. The number of anilines is 1. The number of hydrogen-bond acceptors (Lipinski definition) is 4. The number of nitrogens with one attached hydrogen (secondary N) is 2. The molecule has 0 aromatic carbocycles. The Bertz CT molecular complexity index is 467. The lowest BCUT2D eigenvalue weighted by Gasteiger charge is -2.06. The monoisotopic (exact) mass is 229 g/mol. The van der Waals surface area contributed by atoms with E-state index in [2.05, 4.69) is 15.3 Å². The zero-order valence-corrected chi connectivity index (χ0v) is 8.34. The van der Waals surface area contributed by atoms with Crippen LogP contribution in [0.4, 0.5) is 5.82 Å². The normalized spacial score (nSPS) is 15.0. The molecule has 7 heteroatoms. The molecule has 6 nitrogen and oxygen atoms in total. The van der Waals surface area contributed by atoms with E-state index < -0.39 is 11.7 Å². The molecule has 1 saturated carbocycles. The summed E-state index contributed by atoms with van der Waals surface area (Å²) in [5, 5.41) is 11.6. The van der Waals surface area contributed by atoms with Gasteiger partial charge in [-0.1, -0.05) is 11.6 Å². The molecule has 1 aliphatic carbocycles. The Morgan fingerprint density at radius 1 is 1.60 bits per heavy atom. The first kappa shape index (κ1) is 9.97. The van der Waals surface area contributed by atoms with E-state index in [-0.39, 0.29) is 22.6 Å². The first-order valence-electron chi connectivity index (χ1n) is 4.37. The molecule has 0 amide bonds. The summed E-state index contributed by atoms with van der Waals surface area (Å²) in [7, 11) is 0. The molecule has 1 fully saturated rings. The predicted molar refractivity (Wildman–Crippen MR) is 53.5 cm³/mol. The third kappa shape index (κ3) is 2.10. The Kier molecular flexibility index (Phi) is 2.36. The summed E-state index contributed by atoms with van der Waals surface area (Å²) in [5.74, 6) is -1.14. The number of halogens is 1. The van der Waals surface area contributed by atoms with Gasteiger partial charge >= 0.3 is 11.7 Å². The van der Waals surface area contributed by atoms with Gasteiger partial charge in [-0.15, -0.1) is 0 Å². The van der Waals surface area contributed by atoms with E-state index in [1.807, 2.05) is 0 Å². The number of carbonyl (C=O) groups is 1. The average molecular weight is 230 g/mol. The molecular weight excluding hydrogens is 222 g/mol. The number of rotatable bonds is 3. The van der Waals surface area contributed by atoms with E-state index in [1.54, 1.807) is 0 Å². The van der Waals surface area contributed by atoms with Crippen molar-refractivity contribution in [1.29, 1.82) is 0 Å². The van der Waals surface area contributed by atoms with Crippen LogP contribution in [-0.2, 0) is 0 Å². The lowest BCUT2D eigenvalue weighted by atomic mass is 10.4. The Morgan fingerprint density at radius 2 is 2.27 bits per heavy atom. The van der Waals surface area contributed by atoms with Crippen molar-refractivity contribution in [2.75, 3.05) is 5.32 Å². The molecule has 0 atom stereocenters. The number of aromatic carboxylic acids is 1. The number of carboxylic acids is 1. The van der Waals surface area contributed by atoms with E-state index in [4.69, 9.17) is 16.7 Å². The number of hydrogen-bond donors (Lipinski definition) is 3. The van der Waals surface area contributed by atoms with Gasteiger partial charge in [-0.3, -0.25) is 4.98 Å². The summed E-state index contributed by atoms with van der Waals surface area (Å²) in [4.78, 5) is 27.4. The summed E-state index contributed by atoms with van der Waals surface area (Å²) < 4.78 is 0. The molecule has 1 heterocycles. The van der Waals surface area contributed by atoms with Crippen LogP contribution >= 0.6 is 11.6 Å². The standard InChI is InChI=1S/C8H8ClN3O3/c9-4-5(7(13)14)11-8(15)12-6(4)10-3-1-2-3/h3H,1-2H2,(H,13,14)(H2,10,11,12,15). The SMILES string of the molecule is O=C(O)c1[nH]c(=O)nc(NC2CC2)c1Cl. The van der Waals surface area contributed by atoms with Crippen molar-refractivity contribution in [3.63, 3.8) is 0 Å². The molecule has 0 radical (unpaired) electrons. The van der Waals surface area contributed by atoms with E-state index >= 15 is 0 Å². The minimum absolute atomic E-state index is 0.0611. The van der Waals surface area contributed by atoms with Crippen molar-refractivity contribution < 1.29 is 9.90 Å². The minimum atomic E-state index is -1.28. The van der Waals surface area contributed by atoms with Crippen LogP contribution in [0, 0.1) is 0 Å². The maximum atomic E-state index is 11.0. The van der Waals surface area contributed by atoms with Gasteiger partial charge in [0.2, 0.25) is 0 Å². The molecule has 0 saturated heterocycles. The first-order valence-corrected chi connectivity index (χ1v) is 4.75. The second-order valence-electron chi connectivity index (χ2n) is 3.30. The van der Waals surface area contributed by atoms with Crippen molar-refractivity contribution in [2.45, 2.75) is 18.9 Å². The fraction of sp³-hybridized carbons (Fsp3) is 0.375. The molecule has 80 valence electrons. The van der Waals surface area contributed by atoms with Gasteiger partial charge in [-0.05, 0) is 12.8 Å². The van der Waals surface area contributed by atoms with Crippen LogP contribution in [-0.4, -0.2) is 27.1 Å². The molecule has 1 aromatic rings. The second-order valence-corrected chi connectivity index (χ2v) is 3.68. The minimum Gasteiger partial charge on any atom is -0.477 e. The topological polar surface area (TPSA) is 95.1 Å². The van der Waals surface area contributed by atoms with Crippen LogP contribution in [0.3, 0.4) is 0 Å². The third-order valence-electron chi connectivity index (χ3n) is 2.00. The first-order chi connectivity index (χ1) is 7.08.